The first-order valence-corrected chi connectivity index (χ1v) is 8.10. The first kappa shape index (κ1) is 15.3. The molecule has 0 bridgehead atoms. The Morgan fingerprint density at radius 3 is 2.81 bits per heavy atom. The van der Waals surface area contributed by atoms with Crippen molar-refractivity contribution in [3.05, 3.63) is 24.3 Å². The second kappa shape index (κ2) is 6.13. The molecule has 1 N–H and O–H groups in total. The Morgan fingerprint density at radius 2 is 2.10 bits per heavy atom. The number of para-hydroxylation sites is 2. The summed E-state index contributed by atoms with van der Waals surface area (Å²) in [5.41, 5.74) is 0.842. The minimum atomic E-state index is -3.77. The molecule has 1 aromatic rings. The van der Waals surface area contributed by atoms with Gasteiger partial charge in [-0.3, -0.25) is 13.9 Å². The van der Waals surface area contributed by atoms with E-state index in [1.807, 2.05) is 0 Å². The molecular formula is C13H16N2O5S. The summed E-state index contributed by atoms with van der Waals surface area (Å²) in [6, 6.07) is 6.62. The lowest BCUT2D eigenvalue weighted by atomic mass is 10.2. The molecular weight excluding hydrogens is 296 g/mol. The number of sulfonamides is 1. The van der Waals surface area contributed by atoms with Gasteiger partial charge >= 0.3 is 5.97 Å². The number of hydrogen-bond acceptors (Lipinski definition) is 5. The summed E-state index contributed by atoms with van der Waals surface area (Å²) in [7, 11) is -3.77. The van der Waals surface area contributed by atoms with Crippen LogP contribution in [0.1, 0.15) is 13.3 Å². The maximum atomic E-state index is 12.3. The van der Waals surface area contributed by atoms with Crippen LogP contribution in [0.2, 0.25) is 0 Å². The Hall–Kier alpha value is -2.09. The molecule has 0 fully saturated rings. The van der Waals surface area contributed by atoms with Crippen LogP contribution in [-0.2, 0) is 24.3 Å². The van der Waals surface area contributed by atoms with Crippen LogP contribution in [0.4, 0.5) is 11.4 Å². The van der Waals surface area contributed by atoms with Crippen LogP contribution in [0.25, 0.3) is 0 Å². The summed E-state index contributed by atoms with van der Waals surface area (Å²) in [5, 5.41) is 2.61. The number of carbonyl (C=O) groups is 2. The van der Waals surface area contributed by atoms with Crippen LogP contribution in [0.15, 0.2) is 24.3 Å². The predicted molar refractivity (Wildman–Crippen MR) is 77.5 cm³/mol. The van der Waals surface area contributed by atoms with Gasteiger partial charge in [0.2, 0.25) is 15.9 Å². The van der Waals surface area contributed by atoms with E-state index in [1.54, 1.807) is 31.2 Å². The summed E-state index contributed by atoms with van der Waals surface area (Å²) in [4.78, 5) is 22.9. The number of benzene rings is 1. The number of amides is 1. The maximum absolute atomic E-state index is 12.3. The molecule has 0 saturated heterocycles. The first-order valence-electron chi connectivity index (χ1n) is 6.49. The molecule has 0 unspecified atom stereocenters. The molecule has 1 aliphatic rings. The van der Waals surface area contributed by atoms with Gasteiger partial charge in [0.25, 0.3) is 0 Å². The molecule has 0 saturated carbocycles. The standard InChI is InChI=1S/C13H16N2O5S/c1-2-20-13(17)7-8-21(18,19)15-9-12(16)14-10-5-3-4-6-11(10)15/h3-6H,2,7-9H2,1H3,(H,14,16). The molecule has 0 radical (unpaired) electrons. The summed E-state index contributed by atoms with van der Waals surface area (Å²) in [5.74, 6) is -1.38. The van der Waals surface area contributed by atoms with Crippen LogP contribution >= 0.6 is 0 Å². The molecule has 8 heteroatoms. The Bertz CT molecular complexity index is 656. The van der Waals surface area contributed by atoms with Gasteiger partial charge in [-0.25, -0.2) is 8.42 Å². The molecule has 0 aromatic heterocycles. The van der Waals surface area contributed by atoms with Crippen molar-refractivity contribution in [2.24, 2.45) is 0 Å². The van der Waals surface area contributed by atoms with Gasteiger partial charge in [0.1, 0.15) is 6.54 Å². The lowest BCUT2D eigenvalue weighted by molar-refractivity contribution is -0.142. The second-order valence-electron chi connectivity index (χ2n) is 4.44. The third-order valence-corrected chi connectivity index (χ3v) is 4.66. The zero-order valence-electron chi connectivity index (χ0n) is 11.5. The number of fused-ring (bicyclic) bond motifs is 1. The van der Waals surface area contributed by atoms with E-state index >= 15 is 0 Å². The van der Waals surface area contributed by atoms with Crippen LogP contribution < -0.4 is 9.62 Å². The van der Waals surface area contributed by atoms with Crippen molar-refractivity contribution >= 4 is 33.3 Å². The smallest absolute Gasteiger partial charge is 0.306 e. The van der Waals surface area contributed by atoms with Crippen LogP contribution in [-0.4, -0.2) is 39.2 Å². The monoisotopic (exact) mass is 312 g/mol. The molecule has 2 rings (SSSR count). The van der Waals surface area contributed by atoms with E-state index in [1.165, 1.54) is 0 Å². The molecule has 1 amide bonds. The van der Waals surface area contributed by atoms with E-state index < -0.39 is 27.7 Å². The first-order chi connectivity index (χ1) is 9.94. The molecule has 0 spiro atoms. The number of hydrogen-bond donors (Lipinski definition) is 1. The van der Waals surface area contributed by atoms with Crippen LogP contribution in [0.5, 0.6) is 0 Å². The number of ether oxygens (including phenoxy) is 1. The SMILES string of the molecule is CCOC(=O)CCS(=O)(=O)N1CC(=O)Nc2ccccc21. The van der Waals surface area contributed by atoms with E-state index in [0.717, 1.165) is 4.31 Å². The van der Waals surface area contributed by atoms with E-state index in [2.05, 4.69) is 5.32 Å². The van der Waals surface area contributed by atoms with Crippen molar-refractivity contribution in [3.63, 3.8) is 0 Å². The summed E-state index contributed by atoms with van der Waals surface area (Å²) >= 11 is 0. The molecule has 1 aromatic carbocycles. The average Bonchev–Trinajstić information content (AvgIpc) is 2.44. The van der Waals surface area contributed by atoms with Gasteiger partial charge in [0.15, 0.2) is 0 Å². The van der Waals surface area contributed by atoms with E-state index in [9.17, 15) is 18.0 Å². The minimum Gasteiger partial charge on any atom is -0.466 e. The van der Waals surface area contributed by atoms with Crippen LogP contribution in [0, 0.1) is 0 Å². The van der Waals surface area contributed by atoms with Crippen molar-refractivity contribution < 1.29 is 22.7 Å². The Labute approximate surface area is 122 Å². The van der Waals surface area contributed by atoms with Crippen molar-refractivity contribution in [2.75, 3.05) is 28.5 Å². The summed E-state index contributed by atoms with van der Waals surface area (Å²) in [6.45, 7) is 1.56. The van der Waals surface area contributed by atoms with E-state index in [-0.39, 0.29) is 19.6 Å². The van der Waals surface area contributed by atoms with Gasteiger partial charge in [0.05, 0.1) is 30.2 Å². The fourth-order valence-electron chi connectivity index (χ4n) is 2.01. The number of nitrogens with zero attached hydrogens (tertiary/aromatic N) is 1. The van der Waals surface area contributed by atoms with Crippen LogP contribution in [0.3, 0.4) is 0 Å². The third-order valence-electron chi connectivity index (χ3n) is 2.94. The zero-order valence-corrected chi connectivity index (χ0v) is 12.4. The van der Waals surface area contributed by atoms with Gasteiger partial charge < -0.3 is 10.1 Å². The molecule has 0 atom stereocenters. The van der Waals surface area contributed by atoms with Gasteiger partial charge in [0, 0.05) is 0 Å². The topological polar surface area (TPSA) is 92.8 Å². The highest BCUT2D eigenvalue weighted by Crippen LogP contribution is 2.31. The number of anilines is 2. The van der Waals surface area contributed by atoms with E-state index in [4.69, 9.17) is 4.74 Å². The second-order valence-corrected chi connectivity index (χ2v) is 6.46. The molecule has 0 aliphatic carbocycles. The molecule has 1 heterocycles. The van der Waals surface area contributed by atoms with Gasteiger partial charge in [-0.2, -0.15) is 0 Å². The number of esters is 1. The van der Waals surface area contributed by atoms with Crippen molar-refractivity contribution in [2.45, 2.75) is 13.3 Å². The third kappa shape index (κ3) is 3.52. The predicted octanol–water partition coefficient (Wildman–Crippen LogP) is 0.728. The maximum Gasteiger partial charge on any atom is 0.306 e. The molecule has 7 nitrogen and oxygen atoms in total. The Balaban J connectivity index is 2.20. The van der Waals surface area contributed by atoms with Crippen molar-refractivity contribution in [3.8, 4) is 0 Å². The largest absolute Gasteiger partial charge is 0.466 e. The number of nitrogens with one attached hydrogen (secondary N) is 1. The molecule has 114 valence electrons. The number of carbonyl (C=O) groups excluding carboxylic acids is 2. The quantitative estimate of drug-likeness (QED) is 0.809. The summed E-state index contributed by atoms with van der Waals surface area (Å²) in [6.07, 6.45) is -0.240. The highest BCUT2D eigenvalue weighted by Gasteiger charge is 2.31. The number of rotatable bonds is 5. The van der Waals surface area contributed by atoms with Gasteiger partial charge in [-0.1, -0.05) is 12.1 Å². The fourth-order valence-corrected chi connectivity index (χ4v) is 3.42. The lowest BCUT2D eigenvalue weighted by Gasteiger charge is -2.29. The van der Waals surface area contributed by atoms with Crippen molar-refractivity contribution in [1.29, 1.82) is 0 Å². The minimum absolute atomic E-state index is 0.202. The lowest BCUT2D eigenvalue weighted by Crippen LogP contribution is -2.43. The van der Waals surface area contributed by atoms with Crippen molar-refractivity contribution in [1.82, 2.24) is 0 Å². The van der Waals surface area contributed by atoms with Gasteiger partial charge in [-0.05, 0) is 19.1 Å². The normalized spacial score (nSPS) is 14.3. The van der Waals surface area contributed by atoms with Gasteiger partial charge in [-0.15, -0.1) is 0 Å². The summed E-state index contributed by atoms with van der Waals surface area (Å²) < 4.78 is 30.4. The average molecular weight is 312 g/mol. The highest BCUT2D eigenvalue weighted by molar-refractivity contribution is 7.92. The Morgan fingerprint density at radius 1 is 1.38 bits per heavy atom. The molecule has 21 heavy (non-hydrogen) atoms. The zero-order chi connectivity index (χ0) is 15.5. The highest BCUT2D eigenvalue weighted by atomic mass is 32.2. The Kier molecular flexibility index (Phi) is 4.46. The van der Waals surface area contributed by atoms with E-state index in [0.29, 0.717) is 11.4 Å². The molecule has 1 aliphatic heterocycles. The fraction of sp³-hybridized carbons (Fsp3) is 0.385.